The van der Waals surface area contributed by atoms with Gasteiger partial charge in [-0.05, 0) is 44.9 Å². The largest absolute Gasteiger partial charge is 0.508 e. The van der Waals surface area contributed by atoms with Gasteiger partial charge in [0.25, 0.3) is 0 Å². The van der Waals surface area contributed by atoms with Gasteiger partial charge >= 0.3 is 0 Å². The molecule has 2 heteroatoms. The number of aryl methyl sites for hydroxylation is 2. The zero-order valence-electron chi connectivity index (χ0n) is 8.55. The van der Waals surface area contributed by atoms with Crippen LogP contribution in [0.25, 0.3) is 0 Å². The quantitative estimate of drug-likeness (QED) is 0.695. The molecule has 0 saturated heterocycles. The molecule has 0 aliphatic rings. The number of phenolic OH excluding ortho intramolecular Hbond substituents is 1. The summed E-state index contributed by atoms with van der Waals surface area (Å²) in [5, 5.41) is 19.4. The van der Waals surface area contributed by atoms with E-state index < -0.39 is 5.60 Å². The van der Waals surface area contributed by atoms with Gasteiger partial charge in [-0.25, -0.2) is 0 Å². The van der Waals surface area contributed by atoms with Crippen LogP contribution in [0, 0.1) is 13.8 Å². The average molecular weight is 180 g/mol. The monoisotopic (exact) mass is 180 g/mol. The summed E-state index contributed by atoms with van der Waals surface area (Å²) in [7, 11) is 0. The second-order valence-corrected chi connectivity index (χ2v) is 4.03. The van der Waals surface area contributed by atoms with Crippen molar-refractivity contribution in [1.82, 2.24) is 0 Å². The normalized spacial score (nSPS) is 11.8. The maximum absolute atomic E-state index is 9.78. The molecule has 72 valence electrons. The fourth-order valence-electron chi connectivity index (χ4n) is 1.74. The molecule has 2 N–H and O–H groups in total. The Balaban J connectivity index is 3.38. The fraction of sp³-hybridized carbons (Fsp3) is 0.455. The molecule has 0 bridgehead atoms. The van der Waals surface area contributed by atoms with E-state index in [4.69, 9.17) is 0 Å². The van der Waals surface area contributed by atoms with Crippen LogP contribution >= 0.6 is 0 Å². The van der Waals surface area contributed by atoms with Crippen molar-refractivity contribution >= 4 is 0 Å². The van der Waals surface area contributed by atoms with Crippen LogP contribution in [0.5, 0.6) is 5.75 Å². The highest BCUT2D eigenvalue weighted by Gasteiger charge is 2.22. The van der Waals surface area contributed by atoms with Gasteiger partial charge in [0.15, 0.2) is 0 Å². The number of benzene rings is 1. The average Bonchev–Trinajstić information content (AvgIpc) is 1.78. The van der Waals surface area contributed by atoms with Gasteiger partial charge in [0.05, 0.1) is 5.60 Å². The number of aliphatic hydroxyl groups is 1. The summed E-state index contributed by atoms with van der Waals surface area (Å²) in [6.07, 6.45) is 0. The first kappa shape index (κ1) is 10.1. The lowest BCUT2D eigenvalue weighted by Gasteiger charge is -2.22. The highest BCUT2D eigenvalue weighted by molar-refractivity contribution is 5.44. The number of hydrogen-bond donors (Lipinski definition) is 2. The molecule has 0 atom stereocenters. The summed E-state index contributed by atoms with van der Waals surface area (Å²) in [6, 6.07) is 3.62. The number of aromatic hydroxyl groups is 1. The van der Waals surface area contributed by atoms with E-state index in [0.717, 1.165) is 11.1 Å². The minimum Gasteiger partial charge on any atom is -0.508 e. The van der Waals surface area contributed by atoms with E-state index >= 15 is 0 Å². The molecule has 0 amide bonds. The smallest absolute Gasteiger partial charge is 0.122 e. The van der Waals surface area contributed by atoms with Crippen molar-refractivity contribution in [3.8, 4) is 5.75 Å². The Hall–Kier alpha value is -1.02. The van der Waals surface area contributed by atoms with E-state index in [0.29, 0.717) is 5.56 Å². The minimum absolute atomic E-state index is 0.171. The molecule has 0 aliphatic heterocycles. The van der Waals surface area contributed by atoms with Gasteiger partial charge in [-0.3, -0.25) is 0 Å². The van der Waals surface area contributed by atoms with E-state index in [1.165, 1.54) is 0 Å². The predicted molar refractivity (Wildman–Crippen MR) is 52.8 cm³/mol. The molecule has 13 heavy (non-hydrogen) atoms. The molecule has 1 aromatic rings. The SMILES string of the molecule is Cc1cc(C)c(C(C)(C)O)c(O)c1. The highest BCUT2D eigenvalue weighted by Crippen LogP contribution is 2.32. The molecule has 0 heterocycles. The number of rotatable bonds is 1. The van der Waals surface area contributed by atoms with Gasteiger partial charge in [-0.2, -0.15) is 0 Å². The summed E-state index contributed by atoms with van der Waals surface area (Å²) in [4.78, 5) is 0. The molecule has 0 aromatic heterocycles. The summed E-state index contributed by atoms with van der Waals surface area (Å²) in [5.41, 5.74) is 1.55. The van der Waals surface area contributed by atoms with Crippen LogP contribution in [-0.4, -0.2) is 10.2 Å². The Morgan fingerprint density at radius 1 is 1.15 bits per heavy atom. The van der Waals surface area contributed by atoms with Crippen molar-refractivity contribution < 1.29 is 10.2 Å². The first-order valence-corrected chi connectivity index (χ1v) is 4.35. The van der Waals surface area contributed by atoms with Crippen LogP contribution < -0.4 is 0 Å². The lowest BCUT2D eigenvalue weighted by atomic mass is 9.91. The molecule has 0 aliphatic carbocycles. The van der Waals surface area contributed by atoms with Gasteiger partial charge in [0.1, 0.15) is 5.75 Å². The third kappa shape index (κ3) is 2.01. The van der Waals surface area contributed by atoms with Gasteiger partial charge < -0.3 is 10.2 Å². The molecule has 0 fully saturated rings. The van der Waals surface area contributed by atoms with Crippen LogP contribution in [-0.2, 0) is 5.60 Å². The van der Waals surface area contributed by atoms with Crippen LogP contribution in [0.15, 0.2) is 12.1 Å². The summed E-state index contributed by atoms with van der Waals surface area (Å²) >= 11 is 0. The van der Waals surface area contributed by atoms with Gasteiger partial charge in [-0.15, -0.1) is 0 Å². The number of phenols is 1. The summed E-state index contributed by atoms with van der Waals surface area (Å²) < 4.78 is 0. The van der Waals surface area contributed by atoms with Crippen molar-refractivity contribution in [2.45, 2.75) is 33.3 Å². The van der Waals surface area contributed by atoms with E-state index in [9.17, 15) is 10.2 Å². The summed E-state index contributed by atoms with van der Waals surface area (Å²) in [5.74, 6) is 0.171. The van der Waals surface area contributed by atoms with Crippen molar-refractivity contribution in [2.75, 3.05) is 0 Å². The van der Waals surface area contributed by atoms with Crippen molar-refractivity contribution in [3.05, 3.63) is 28.8 Å². The molecule has 2 nitrogen and oxygen atoms in total. The zero-order chi connectivity index (χ0) is 10.2. The lowest BCUT2D eigenvalue weighted by Crippen LogP contribution is -2.17. The Bertz CT molecular complexity index is 298. The topological polar surface area (TPSA) is 40.5 Å². The van der Waals surface area contributed by atoms with E-state index in [1.807, 2.05) is 19.9 Å². The second kappa shape index (κ2) is 3.04. The third-order valence-electron chi connectivity index (χ3n) is 2.07. The van der Waals surface area contributed by atoms with Crippen molar-refractivity contribution in [1.29, 1.82) is 0 Å². The predicted octanol–water partition coefficient (Wildman–Crippen LogP) is 2.24. The first-order valence-electron chi connectivity index (χ1n) is 4.35. The molecule has 1 rings (SSSR count). The zero-order valence-corrected chi connectivity index (χ0v) is 8.55. The molecule has 0 radical (unpaired) electrons. The van der Waals surface area contributed by atoms with Crippen LogP contribution in [0.4, 0.5) is 0 Å². The van der Waals surface area contributed by atoms with E-state index in [-0.39, 0.29) is 5.75 Å². The van der Waals surface area contributed by atoms with Crippen LogP contribution in [0.3, 0.4) is 0 Å². The minimum atomic E-state index is -0.984. The molecule has 0 saturated carbocycles. The Labute approximate surface area is 78.8 Å². The van der Waals surface area contributed by atoms with Gasteiger partial charge in [-0.1, -0.05) is 6.07 Å². The fourth-order valence-corrected chi connectivity index (χ4v) is 1.74. The molecule has 1 aromatic carbocycles. The van der Waals surface area contributed by atoms with Gasteiger partial charge in [0, 0.05) is 5.56 Å². The lowest BCUT2D eigenvalue weighted by molar-refractivity contribution is 0.0751. The maximum Gasteiger partial charge on any atom is 0.122 e. The Kier molecular flexibility index (Phi) is 2.35. The Morgan fingerprint density at radius 2 is 1.69 bits per heavy atom. The molecule has 0 unspecified atom stereocenters. The molecular weight excluding hydrogens is 164 g/mol. The van der Waals surface area contributed by atoms with E-state index in [1.54, 1.807) is 19.9 Å². The summed E-state index contributed by atoms with van der Waals surface area (Å²) in [6.45, 7) is 7.15. The van der Waals surface area contributed by atoms with Crippen LogP contribution in [0.1, 0.15) is 30.5 Å². The second-order valence-electron chi connectivity index (χ2n) is 4.03. The first-order chi connectivity index (χ1) is 5.82. The van der Waals surface area contributed by atoms with Crippen molar-refractivity contribution in [3.63, 3.8) is 0 Å². The van der Waals surface area contributed by atoms with Crippen LogP contribution in [0.2, 0.25) is 0 Å². The highest BCUT2D eigenvalue weighted by atomic mass is 16.3. The standard InChI is InChI=1S/C11H16O2/c1-7-5-8(2)10(9(12)6-7)11(3,4)13/h5-6,12-13H,1-4H3. The third-order valence-corrected chi connectivity index (χ3v) is 2.07. The maximum atomic E-state index is 9.78. The molecule has 0 spiro atoms. The van der Waals surface area contributed by atoms with Crippen molar-refractivity contribution in [2.24, 2.45) is 0 Å². The van der Waals surface area contributed by atoms with Gasteiger partial charge in [0.2, 0.25) is 0 Å². The molecular formula is C11H16O2. The Morgan fingerprint density at radius 3 is 2.08 bits per heavy atom. The van der Waals surface area contributed by atoms with E-state index in [2.05, 4.69) is 0 Å². The number of hydrogen-bond acceptors (Lipinski definition) is 2.